The van der Waals surface area contributed by atoms with Crippen LogP contribution in [0.4, 0.5) is 13.2 Å². The number of halogens is 3. The number of ether oxygens (including phenoxy) is 2. The predicted octanol–water partition coefficient (Wildman–Crippen LogP) is 3.16. The van der Waals surface area contributed by atoms with Crippen molar-refractivity contribution >= 4 is 29.5 Å². The van der Waals surface area contributed by atoms with Crippen LogP contribution in [0.1, 0.15) is 31.4 Å². The number of benzene rings is 2. The second kappa shape index (κ2) is 13.7. The summed E-state index contributed by atoms with van der Waals surface area (Å²) in [5, 5.41) is 2.07. The third-order valence-corrected chi connectivity index (χ3v) is 7.34. The van der Waals surface area contributed by atoms with Crippen molar-refractivity contribution in [1.82, 2.24) is 10.2 Å². The zero-order valence-electron chi connectivity index (χ0n) is 21.9. The predicted molar refractivity (Wildman–Crippen MR) is 140 cm³/mol. The molecule has 1 fully saturated rings. The second-order valence-corrected chi connectivity index (χ2v) is 10.7. The molecule has 3 rings (SSSR count). The van der Waals surface area contributed by atoms with Gasteiger partial charge in [0.15, 0.2) is 23.1 Å². The molecule has 0 spiro atoms. The number of rotatable bonds is 11. The lowest BCUT2D eigenvalue weighted by atomic mass is 10.0. The standard InChI is InChI=1S/C27H32F3N3O5S/c1-15(2)24(27(36)37-3)38-19-6-4-16(5-7-19)14-32-25(35)26-33(8-9-39-26)23(34)12-18(31)10-17-11-21(29)22(30)13-20(17)28/h4-7,11,13,15,18,24,26H,8-10,12,14,31H2,1-3H3,(H,32,35)/t18-,24?,26?/m1/s1. The summed E-state index contributed by atoms with van der Waals surface area (Å²) in [6.07, 6.45) is -1.09. The van der Waals surface area contributed by atoms with E-state index < -0.39 is 40.9 Å². The van der Waals surface area contributed by atoms with Gasteiger partial charge < -0.3 is 25.4 Å². The Morgan fingerprint density at radius 2 is 1.77 bits per heavy atom. The lowest BCUT2D eigenvalue weighted by molar-refractivity contribution is -0.150. The lowest BCUT2D eigenvalue weighted by Gasteiger charge is -2.24. The fourth-order valence-corrected chi connectivity index (χ4v) is 5.20. The summed E-state index contributed by atoms with van der Waals surface area (Å²) < 4.78 is 51.1. The molecule has 1 aliphatic heterocycles. The average Bonchev–Trinajstić information content (AvgIpc) is 3.39. The van der Waals surface area contributed by atoms with Gasteiger partial charge in [0.05, 0.1) is 7.11 Å². The molecule has 3 atom stereocenters. The molecule has 2 unspecified atom stereocenters. The normalized spacial score (nSPS) is 16.6. The van der Waals surface area contributed by atoms with Crippen molar-refractivity contribution in [3.05, 3.63) is 65.0 Å². The first-order valence-corrected chi connectivity index (χ1v) is 13.5. The van der Waals surface area contributed by atoms with Gasteiger partial charge in [0.1, 0.15) is 11.6 Å². The monoisotopic (exact) mass is 567 g/mol. The highest BCUT2D eigenvalue weighted by atomic mass is 32.2. The molecule has 0 aliphatic carbocycles. The van der Waals surface area contributed by atoms with E-state index in [1.54, 1.807) is 24.3 Å². The van der Waals surface area contributed by atoms with Gasteiger partial charge in [-0.05, 0) is 35.7 Å². The molecule has 8 nitrogen and oxygen atoms in total. The Labute approximate surface area is 229 Å². The number of nitrogens with zero attached hydrogens (tertiary/aromatic N) is 1. The first-order valence-electron chi connectivity index (χ1n) is 12.4. The Kier molecular flexibility index (Phi) is 10.6. The van der Waals surface area contributed by atoms with Crippen LogP contribution in [0.25, 0.3) is 0 Å². The average molecular weight is 568 g/mol. The Balaban J connectivity index is 1.52. The molecule has 0 radical (unpaired) electrons. The van der Waals surface area contributed by atoms with Crippen LogP contribution in [-0.2, 0) is 32.1 Å². The Hall–Kier alpha value is -3.25. The van der Waals surface area contributed by atoms with Gasteiger partial charge in [0, 0.05) is 43.3 Å². The molecule has 0 aromatic heterocycles. The van der Waals surface area contributed by atoms with Crippen molar-refractivity contribution in [2.45, 2.75) is 50.8 Å². The highest BCUT2D eigenvalue weighted by molar-refractivity contribution is 8.00. The van der Waals surface area contributed by atoms with Crippen LogP contribution in [0.15, 0.2) is 36.4 Å². The summed E-state index contributed by atoms with van der Waals surface area (Å²) in [5.74, 6) is -3.68. The molecule has 0 bridgehead atoms. The largest absolute Gasteiger partial charge is 0.478 e. The molecular formula is C27H32F3N3O5S. The molecule has 1 aliphatic rings. The number of hydrogen-bond donors (Lipinski definition) is 2. The fraction of sp³-hybridized carbons (Fsp3) is 0.444. The second-order valence-electron chi connectivity index (χ2n) is 9.50. The van der Waals surface area contributed by atoms with Crippen molar-refractivity contribution in [2.75, 3.05) is 19.4 Å². The van der Waals surface area contributed by atoms with Crippen LogP contribution in [0, 0.1) is 23.4 Å². The summed E-state index contributed by atoms with van der Waals surface area (Å²) >= 11 is 1.31. The third-order valence-electron chi connectivity index (χ3n) is 6.14. The van der Waals surface area contributed by atoms with Crippen LogP contribution >= 0.6 is 11.8 Å². The van der Waals surface area contributed by atoms with Gasteiger partial charge in [0.25, 0.3) is 5.91 Å². The SMILES string of the molecule is COC(=O)C(Oc1ccc(CNC(=O)C2SCCN2C(=O)C[C@H](N)Cc2cc(F)c(F)cc2F)cc1)C(C)C. The van der Waals surface area contributed by atoms with Crippen LogP contribution in [0.5, 0.6) is 5.75 Å². The summed E-state index contributed by atoms with van der Waals surface area (Å²) in [7, 11) is 1.30. The van der Waals surface area contributed by atoms with Gasteiger partial charge in [-0.15, -0.1) is 11.8 Å². The van der Waals surface area contributed by atoms with E-state index in [9.17, 15) is 27.6 Å². The molecular weight excluding hydrogens is 535 g/mol. The van der Waals surface area contributed by atoms with E-state index in [2.05, 4.69) is 5.32 Å². The number of methoxy groups -OCH3 is 1. The minimum atomic E-state index is -1.30. The fourth-order valence-electron chi connectivity index (χ4n) is 4.04. The van der Waals surface area contributed by atoms with E-state index in [1.807, 2.05) is 13.8 Å². The van der Waals surface area contributed by atoms with Gasteiger partial charge in [-0.25, -0.2) is 18.0 Å². The minimum absolute atomic E-state index is 0.0902. The Bertz CT molecular complexity index is 1180. The van der Waals surface area contributed by atoms with Crippen LogP contribution in [0.3, 0.4) is 0 Å². The number of hydrogen-bond acceptors (Lipinski definition) is 7. The van der Waals surface area contributed by atoms with Crippen molar-refractivity contribution in [3.63, 3.8) is 0 Å². The van der Waals surface area contributed by atoms with E-state index in [0.29, 0.717) is 24.1 Å². The molecule has 3 N–H and O–H groups in total. The Morgan fingerprint density at radius 1 is 1.10 bits per heavy atom. The van der Waals surface area contributed by atoms with Gasteiger partial charge in [-0.1, -0.05) is 26.0 Å². The van der Waals surface area contributed by atoms with E-state index in [4.69, 9.17) is 15.2 Å². The first-order chi connectivity index (χ1) is 18.5. The highest BCUT2D eigenvalue weighted by Crippen LogP contribution is 2.26. The summed E-state index contributed by atoms with van der Waals surface area (Å²) in [6.45, 7) is 4.25. The summed E-state index contributed by atoms with van der Waals surface area (Å²) in [4.78, 5) is 39.0. The molecule has 2 aromatic carbocycles. The minimum Gasteiger partial charge on any atom is -0.478 e. The molecule has 1 heterocycles. The summed E-state index contributed by atoms with van der Waals surface area (Å²) in [6, 6.07) is 7.23. The molecule has 1 saturated heterocycles. The molecule has 212 valence electrons. The van der Waals surface area contributed by atoms with E-state index in [1.165, 1.54) is 23.8 Å². The molecule has 39 heavy (non-hydrogen) atoms. The zero-order chi connectivity index (χ0) is 28.7. The van der Waals surface area contributed by atoms with Crippen molar-refractivity contribution in [2.24, 2.45) is 11.7 Å². The van der Waals surface area contributed by atoms with Gasteiger partial charge >= 0.3 is 5.97 Å². The number of carbonyl (C=O) groups is 3. The number of nitrogens with two attached hydrogens (primary N) is 1. The van der Waals surface area contributed by atoms with Crippen molar-refractivity contribution in [1.29, 1.82) is 0 Å². The first kappa shape index (κ1) is 30.3. The maximum Gasteiger partial charge on any atom is 0.347 e. The molecule has 0 saturated carbocycles. The quantitative estimate of drug-likeness (QED) is 0.317. The number of nitrogens with one attached hydrogen (secondary N) is 1. The lowest BCUT2D eigenvalue weighted by Crippen LogP contribution is -2.46. The van der Waals surface area contributed by atoms with Crippen molar-refractivity contribution in [3.8, 4) is 5.75 Å². The number of esters is 1. The van der Waals surface area contributed by atoms with Crippen LogP contribution < -0.4 is 15.8 Å². The maximum atomic E-state index is 13.9. The van der Waals surface area contributed by atoms with Gasteiger partial charge in [-0.2, -0.15) is 0 Å². The summed E-state index contributed by atoms with van der Waals surface area (Å²) in [5.41, 5.74) is 6.66. The van der Waals surface area contributed by atoms with Crippen LogP contribution in [0.2, 0.25) is 0 Å². The highest BCUT2D eigenvalue weighted by Gasteiger charge is 2.35. The van der Waals surface area contributed by atoms with Crippen LogP contribution in [-0.4, -0.2) is 59.6 Å². The maximum absolute atomic E-state index is 13.9. The van der Waals surface area contributed by atoms with Gasteiger partial charge in [0.2, 0.25) is 5.91 Å². The molecule has 2 aromatic rings. The number of thioether (sulfide) groups is 1. The zero-order valence-corrected chi connectivity index (χ0v) is 22.7. The smallest absolute Gasteiger partial charge is 0.347 e. The molecule has 2 amide bonds. The number of amides is 2. The van der Waals surface area contributed by atoms with E-state index >= 15 is 0 Å². The third kappa shape index (κ3) is 8.12. The topological polar surface area (TPSA) is 111 Å². The Morgan fingerprint density at radius 3 is 2.41 bits per heavy atom. The van der Waals surface area contributed by atoms with Crippen molar-refractivity contribution < 1.29 is 37.0 Å². The number of carbonyl (C=O) groups excluding carboxylic acids is 3. The van der Waals surface area contributed by atoms with E-state index in [0.717, 1.165) is 11.6 Å². The van der Waals surface area contributed by atoms with Gasteiger partial charge in [-0.3, -0.25) is 9.59 Å². The molecule has 12 heteroatoms. The van der Waals surface area contributed by atoms with E-state index in [-0.39, 0.29) is 42.7 Å².